The van der Waals surface area contributed by atoms with Gasteiger partial charge in [-0.2, -0.15) is 13.2 Å². The van der Waals surface area contributed by atoms with Crippen LogP contribution in [0, 0.1) is 13.8 Å². The van der Waals surface area contributed by atoms with Crippen LogP contribution in [0.2, 0.25) is 0 Å². The Hall–Kier alpha value is -3.19. The molecule has 0 aliphatic carbocycles. The van der Waals surface area contributed by atoms with Crippen molar-refractivity contribution < 1.29 is 18.0 Å². The lowest BCUT2D eigenvalue weighted by Gasteiger charge is -2.20. The number of rotatable bonds is 4. The number of aryl methyl sites for hydroxylation is 2. The van der Waals surface area contributed by atoms with E-state index in [9.17, 15) is 18.0 Å². The average molecular weight is 440 g/mol. The first kappa shape index (κ1) is 21.1. The number of halogens is 3. The smallest absolute Gasteiger partial charge is 0.279 e. The van der Waals surface area contributed by atoms with E-state index in [-0.39, 0.29) is 12.1 Å². The summed E-state index contributed by atoms with van der Waals surface area (Å²) in [5.41, 5.74) is 2.88. The van der Waals surface area contributed by atoms with E-state index in [0.717, 1.165) is 39.0 Å². The van der Waals surface area contributed by atoms with E-state index in [1.54, 1.807) is 0 Å². The highest BCUT2D eigenvalue weighted by Crippen LogP contribution is 2.34. The summed E-state index contributed by atoms with van der Waals surface area (Å²) in [6.45, 7) is 4.16. The van der Waals surface area contributed by atoms with Gasteiger partial charge in [0.2, 0.25) is 0 Å². The average Bonchev–Trinajstić information content (AvgIpc) is 3.19. The third-order valence-electron chi connectivity index (χ3n) is 5.17. The van der Waals surface area contributed by atoms with Gasteiger partial charge in [0.25, 0.3) is 5.91 Å². The van der Waals surface area contributed by atoms with E-state index in [1.807, 2.05) is 56.3 Å². The molecule has 0 radical (unpaired) electrons. The van der Waals surface area contributed by atoms with Crippen LogP contribution in [0.3, 0.4) is 0 Å². The van der Waals surface area contributed by atoms with Crippen molar-refractivity contribution in [3.63, 3.8) is 0 Å². The number of hydrogen-bond donors (Lipinski definition) is 0. The fourth-order valence-electron chi connectivity index (χ4n) is 3.31. The summed E-state index contributed by atoms with van der Waals surface area (Å²) in [5, 5.41) is 0.454. The summed E-state index contributed by atoms with van der Waals surface area (Å²) < 4.78 is 40.5. The number of amides is 1. The first-order valence-electron chi connectivity index (χ1n) is 9.64. The van der Waals surface area contributed by atoms with Gasteiger partial charge >= 0.3 is 6.18 Å². The van der Waals surface area contributed by atoms with Crippen molar-refractivity contribution >= 4 is 32.6 Å². The number of carbonyl (C=O) groups is 1. The van der Waals surface area contributed by atoms with Crippen molar-refractivity contribution in [3.05, 3.63) is 94.5 Å². The third kappa shape index (κ3) is 4.32. The van der Waals surface area contributed by atoms with Gasteiger partial charge in [-0.25, -0.2) is 4.98 Å². The Bertz CT molecular complexity index is 1250. The lowest BCUT2D eigenvalue weighted by molar-refractivity contribution is -0.137. The largest absolute Gasteiger partial charge is 0.416 e. The molecule has 0 saturated heterocycles. The molecule has 3 aromatic carbocycles. The van der Waals surface area contributed by atoms with Gasteiger partial charge in [-0.1, -0.05) is 53.8 Å². The van der Waals surface area contributed by atoms with Crippen LogP contribution in [0.1, 0.15) is 32.6 Å². The summed E-state index contributed by atoms with van der Waals surface area (Å²) >= 11 is 1.35. The Balaban J connectivity index is 1.80. The van der Waals surface area contributed by atoms with Crippen LogP contribution in [0.25, 0.3) is 10.2 Å². The highest BCUT2D eigenvalue weighted by molar-refractivity contribution is 7.22. The lowest BCUT2D eigenvalue weighted by Crippen LogP contribution is -2.30. The summed E-state index contributed by atoms with van der Waals surface area (Å²) in [4.78, 5) is 19.5. The van der Waals surface area contributed by atoms with Crippen LogP contribution < -0.4 is 4.90 Å². The van der Waals surface area contributed by atoms with Gasteiger partial charge in [0.15, 0.2) is 5.13 Å². The molecule has 1 heterocycles. The Morgan fingerprint density at radius 1 is 1.00 bits per heavy atom. The molecular weight excluding hydrogens is 421 g/mol. The quantitative estimate of drug-likeness (QED) is 0.350. The van der Waals surface area contributed by atoms with Gasteiger partial charge in [-0.15, -0.1) is 0 Å². The second kappa shape index (κ2) is 8.15. The number of benzene rings is 3. The molecular formula is C24H19F3N2OS. The van der Waals surface area contributed by atoms with Gasteiger partial charge in [0, 0.05) is 5.56 Å². The van der Waals surface area contributed by atoms with Gasteiger partial charge in [0.1, 0.15) is 0 Å². The Morgan fingerprint density at radius 3 is 2.45 bits per heavy atom. The topological polar surface area (TPSA) is 33.2 Å². The summed E-state index contributed by atoms with van der Waals surface area (Å²) in [5.74, 6) is -0.525. The van der Waals surface area contributed by atoms with Crippen molar-refractivity contribution in [2.75, 3.05) is 4.90 Å². The number of carbonyl (C=O) groups excluding carboxylic acids is 1. The maximum atomic E-state index is 13.4. The van der Waals surface area contributed by atoms with Crippen molar-refractivity contribution in [2.45, 2.75) is 26.6 Å². The molecule has 0 saturated carbocycles. The summed E-state index contributed by atoms with van der Waals surface area (Å²) in [7, 11) is 0. The second-order valence-corrected chi connectivity index (χ2v) is 8.32. The highest BCUT2D eigenvalue weighted by Gasteiger charge is 2.32. The molecule has 3 nitrogen and oxygen atoms in total. The van der Waals surface area contributed by atoms with E-state index in [0.29, 0.717) is 5.13 Å². The molecule has 31 heavy (non-hydrogen) atoms. The van der Waals surface area contributed by atoms with E-state index in [2.05, 4.69) is 4.98 Å². The van der Waals surface area contributed by atoms with Gasteiger partial charge in [-0.3, -0.25) is 9.69 Å². The number of hydrogen-bond acceptors (Lipinski definition) is 3. The predicted molar refractivity (Wildman–Crippen MR) is 117 cm³/mol. The third-order valence-corrected chi connectivity index (χ3v) is 6.21. The molecule has 1 amide bonds. The molecule has 0 aliphatic heterocycles. The standard InChI is InChI=1S/C24H19F3N2OS/c1-15-11-12-20-21(16(15)2)28-23(31-20)29(14-17-7-4-3-5-8-17)22(30)18-9-6-10-19(13-18)24(25,26)27/h3-13H,14H2,1-2H3. The van der Waals surface area contributed by atoms with Crippen LogP contribution in [-0.2, 0) is 12.7 Å². The zero-order chi connectivity index (χ0) is 22.2. The molecule has 0 unspecified atom stereocenters. The fraction of sp³-hybridized carbons (Fsp3) is 0.167. The van der Waals surface area contributed by atoms with E-state index >= 15 is 0 Å². The van der Waals surface area contributed by atoms with Crippen LogP contribution in [-0.4, -0.2) is 10.9 Å². The molecule has 0 atom stereocenters. The van der Waals surface area contributed by atoms with E-state index in [1.165, 1.54) is 28.4 Å². The minimum absolute atomic E-state index is 0.0297. The zero-order valence-corrected chi connectivity index (χ0v) is 17.7. The summed E-state index contributed by atoms with van der Waals surface area (Å²) in [6.07, 6.45) is -4.52. The minimum atomic E-state index is -4.52. The zero-order valence-electron chi connectivity index (χ0n) is 16.9. The van der Waals surface area contributed by atoms with Crippen molar-refractivity contribution in [1.29, 1.82) is 0 Å². The molecule has 1 aromatic heterocycles. The Kier molecular flexibility index (Phi) is 5.54. The van der Waals surface area contributed by atoms with E-state index < -0.39 is 17.6 Å². The monoisotopic (exact) mass is 440 g/mol. The Morgan fingerprint density at radius 2 is 1.74 bits per heavy atom. The Labute approximate surface area is 181 Å². The molecule has 7 heteroatoms. The van der Waals surface area contributed by atoms with E-state index in [4.69, 9.17) is 0 Å². The fourth-order valence-corrected chi connectivity index (χ4v) is 4.33. The lowest BCUT2D eigenvalue weighted by atomic mass is 10.1. The number of alkyl halides is 3. The number of aromatic nitrogens is 1. The number of anilines is 1. The van der Waals surface area contributed by atoms with Gasteiger partial charge < -0.3 is 0 Å². The molecule has 0 spiro atoms. The molecule has 0 bridgehead atoms. The summed E-state index contributed by atoms with van der Waals surface area (Å²) in [6, 6.07) is 17.8. The molecule has 4 aromatic rings. The first-order valence-corrected chi connectivity index (χ1v) is 10.5. The van der Waals surface area contributed by atoms with Crippen LogP contribution in [0.5, 0.6) is 0 Å². The molecule has 0 N–H and O–H groups in total. The highest BCUT2D eigenvalue weighted by atomic mass is 32.1. The van der Waals surface area contributed by atoms with Crippen molar-refractivity contribution in [3.8, 4) is 0 Å². The van der Waals surface area contributed by atoms with Crippen LogP contribution in [0.4, 0.5) is 18.3 Å². The molecule has 4 rings (SSSR count). The maximum Gasteiger partial charge on any atom is 0.416 e. The maximum absolute atomic E-state index is 13.4. The number of fused-ring (bicyclic) bond motifs is 1. The van der Waals surface area contributed by atoms with Crippen molar-refractivity contribution in [2.24, 2.45) is 0 Å². The molecule has 0 fully saturated rings. The molecule has 158 valence electrons. The van der Waals surface area contributed by atoms with Gasteiger partial charge in [0.05, 0.1) is 22.3 Å². The minimum Gasteiger partial charge on any atom is -0.279 e. The van der Waals surface area contributed by atoms with Crippen molar-refractivity contribution in [1.82, 2.24) is 4.98 Å². The number of thiazole rings is 1. The van der Waals surface area contributed by atoms with Gasteiger partial charge in [-0.05, 0) is 54.8 Å². The first-order chi connectivity index (χ1) is 14.7. The predicted octanol–water partition coefficient (Wildman–Crippen LogP) is 6.78. The SMILES string of the molecule is Cc1ccc2sc(N(Cc3ccccc3)C(=O)c3cccc(C(F)(F)F)c3)nc2c1C. The molecule has 0 aliphatic rings. The van der Waals surface area contributed by atoms with Crippen LogP contribution in [0.15, 0.2) is 66.7 Å². The van der Waals surface area contributed by atoms with Crippen LogP contribution >= 0.6 is 11.3 Å². The normalized spacial score (nSPS) is 11.6. The second-order valence-electron chi connectivity index (χ2n) is 7.31. The number of nitrogens with zero attached hydrogens (tertiary/aromatic N) is 2.